The number of hydrogen-bond acceptors (Lipinski definition) is 4. The predicted molar refractivity (Wildman–Crippen MR) is 114 cm³/mol. The second kappa shape index (κ2) is 8.47. The molecule has 0 saturated carbocycles. The Kier molecular flexibility index (Phi) is 6.05. The van der Waals surface area contributed by atoms with Crippen LogP contribution in [0.3, 0.4) is 0 Å². The van der Waals surface area contributed by atoms with E-state index in [1.54, 1.807) is 18.0 Å². The molecule has 1 amide bonds. The number of fused-ring (bicyclic) bond motifs is 1. The molecule has 0 fully saturated rings. The molecule has 2 aromatic rings. The molecule has 0 saturated heterocycles. The summed E-state index contributed by atoms with van der Waals surface area (Å²) in [5, 5.41) is 6.83. The number of halogens is 1. The van der Waals surface area contributed by atoms with Crippen molar-refractivity contribution in [1.82, 2.24) is 10.6 Å². The van der Waals surface area contributed by atoms with Gasteiger partial charge in [-0.2, -0.15) is 0 Å². The summed E-state index contributed by atoms with van der Waals surface area (Å²) < 4.78 is 0. The lowest BCUT2D eigenvalue weighted by atomic mass is 10.0. The Morgan fingerprint density at radius 1 is 1.30 bits per heavy atom. The van der Waals surface area contributed by atoms with E-state index in [9.17, 15) is 4.79 Å². The summed E-state index contributed by atoms with van der Waals surface area (Å²) in [4.78, 5) is 19.3. The topological polar surface area (TPSA) is 82.8 Å². The smallest absolute Gasteiger partial charge is 0.272 e. The molecular weight excluding hydrogens is 382 g/mol. The van der Waals surface area contributed by atoms with Crippen molar-refractivity contribution in [2.24, 2.45) is 10.7 Å². The third-order valence-electron chi connectivity index (χ3n) is 4.14. The van der Waals surface area contributed by atoms with Gasteiger partial charge >= 0.3 is 0 Å². The number of carbonyl (C=O) groups is 1. The maximum Gasteiger partial charge on any atom is 0.272 e. The van der Waals surface area contributed by atoms with E-state index >= 15 is 0 Å². The highest BCUT2D eigenvalue weighted by Gasteiger charge is 2.30. The molecule has 0 aliphatic carbocycles. The predicted octanol–water partition coefficient (Wildman–Crippen LogP) is 1.90. The van der Waals surface area contributed by atoms with Gasteiger partial charge < -0.3 is 21.3 Å². The standard InChI is InChI=1S/C19H20ClN5OS/c1-25-15-8-7-13(20)11-14(15)16(12-5-3-2-4-6-12)23-17(18(25)26)24-19(27)22-10-9-21/h2-8,11,17H,9-10,21H2,1H3,(H2,22,24,27). The number of likely N-dealkylation sites (N-methyl/N-ethyl adjacent to an activating group) is 1. The molecule has 2 aromatic carbocycles. The maximum atomic E-state index is 13.0. The van der Waals surface area contributed by atoms with Gasteiger partial charge in [-0.15, -0.1) is 0 Å². The monoisotopic (exact) mass is 401 g/mol. The van der Waals surface area contributed by atoms with Crippen molar-refractivity contribution in [1.29, 1.82) is 0 Å². The Morgan fingerprint density at radius 2 is 2.04 bits per heavy atom. The lowest BCUT2D eigenvalue weighted by Crippen LogP contribution is -2.49. The molecule has 3 rings (SSSR count). The van der Waals surface area contributed by atoms with Gasteiger partial charge in [0.2, 0.25) is 6.17 Å². The van der Waals surface area contributed by atoms with Gasteiger partial charge in [0.25, 0.3) is 5.91 Å². The molecule has 140 valence electrons. The van der Waals surface area contributed by atoms with Gasteiger partial charge in [0, 0.05) is 36.3 Å². The van der Waals surface area contributed by atoms with E-state index in [4.69, 9.17) is 34.5 Å². The molecule has 1 heterocycles. The second-order valence-corrected chi connectivity index (χ2v) is 6.84. The summed E-state index contributed by atoms with van der Waals surface area (Å²) >= 11 is 11.5. The van der Waals surface area contributed by atoms with Crippen LogP contribution in [-0.4, -0.2) is 43.0 Å². The molecule has 0 radical (unpaired) electrons. The number of amides is 1. The summed E-state index contributed by atoms with van der Waals surface area (Å²) in [5.74, 6) is -0.221. The number of nitrogens with one attached hydrogen (secondary N) is 2. The quantitative estimate of drug-likeness (QED) is 0.681. The lowest BCUT2D eigenvalue weighted by molar-refractivity contribution is -0.119. The number of thiocarbonyl (C=S) groups is 1. The van der Waals surface area contributed by atoms with Crippen LogP contribution in [0.1, 0.15) is 11.1 Å². The third kappa shape index (κ3) is 4.27. The fourth-order valence-electron chi connectivity index (χ4n) is 2.83. The fourth-order valence-corrected chi connectivity index (χ4v) is 3.21. The molecule has 8 heteroatoms. The van der Waals surface area contributed by atoms with Crippen molar-refractivity contribution in [3.8, 4) is 0 Å². The first-order valence-electron chi connectivity index (χ1n) is 8.46. The third-order valence-corrected chi connectivity index (χ3v) is 4.64. The number of anilines is 1. The van der Waals surface area contributed by atoms with Gasteiger partial charge in [-0.3, -0.25) is 4.79 Å². The highest BCUT2D eigenvalue weighted by atomic mass is 35.5. The van der Waals surface area contributed by atoms with E-state index in [2.05, 4.69) is 10.6 Å². The molecule has 6 nitrogen and oxygen atoms in total. The minimum absolute atomic E-state index is 0.221. The molecule has 27 heavy (non-hydrogen) atoms. The number of benzene rings is 2. The zero-order chi connectivity index (χ0) is 19.4. The largest absolute Gasteiger partial charge is 0.361 e. The van der Waals surface area contributed by atoms with Gasteiger partial charge in [-0.25, -0.2) is 4.99 Å². The first-order chi connectivity index (χ1) is 13.0. The number of hydrogen-bond donors (Lipinski definition) is 3. The lowest BCUT2D eigenvalue weighted by Gasteiger charge is -2.22. The van der Waals surface area contributed by atoms with Gasteiger partial charge in [0.05, 0.1) is 11.4 Å². The van der Waals surface area contributed by atoms with Gasteiger partial charge in [-0.05, 0) is 30.4 Å². The van der Waals surface area contributed by atoms with Crippen LogP contribution in [0.2, 0.25) is 5.02 Å². The summed E-state index contributed by atoms with van der Waals surface area (Å²) in [6.07, 6.45) is -0.867. The first-order valence-corrected chi connectivity index (χ1v) is 9.25. The maximum absolute atomic E-state index is 13.0. The van der Waals surface area contributed by atoms with Crippen molar-refractivity contribution >= 4 is 46.2 Å². The van der Waals surface area contributed by atoms with Crippen molar-refractivity contribution in [3.05, 3.63) is 64.7 Å². The molecule has 1 atom stereocenters. The Morgan fingerprint density at radius 3 is 2.74 bits per heavy atom. The molecule has 4 N–H and O–H groups in total. The van der Waals surface area contributed by atoms with E-state index < -0.39 is 6.17 Å². The number of aliphatic imine (C=N–C) groups is 1. The SMILES string of the molecule is CN1C(=O)C(NC(=S)NCCN)N=C(c2ccccc2)c2cc(Cl)ccc21. The van der Waals surface area contributed by atoms with Crippen LogP contribution in [0.25, 0.3) is 0 Å². The van der Waals surface area contributed by atoms with E-state index in [1.165, 1.54) is 0 Å². The Labute approximate surface area is 168 Å². The van der Waals surface area contributed by atoms with Crippen LogP contribution < -0.4 is 21.3 Å². The average molecular weight is 402 g/mol. The molecule has 0 aromatic heterocycles. The number of nitrogens with two attached hydrogens (primary N) is 1. The molecule has 0 spiro atoms. The molecule has 0 bridgehead atoms. The van der Waals surface area contributed by atoms with Crippen LogP contribution in [-0.2, 0) is 4.79 Å². The van der Waals surface area contributed by atoms with Gasteiger partial charge in [0.15, 0.2) is 5.11 Å². The van der Waals surface area contributed by atoms with Gasteiger partial charge in [-0.1, -0.05) is 41.9 Å². The van der Waals surface area contributed by atoms with E-state index in [0.717, 1.165) is 16.8 Å². The van der Waals surface area contributed by atoms with Crippen molar-refractivity contribution in [2.75, 3.05) is 25.0 Å². The summed E-state index contributed by atoms with van der Waals surface area (Å²) in [7, 11) is 1.71. The van der Waals surface area contributed by atoms with Crippen LogP contribution >= 0.6 is 23.8 Å². The zero-order valence-electron chi connectivity index (χ0n) is 14.8. The molecular formula is C19H20ClN5OS. The minimum Gasteiger partial charge on any atom is -0.361 e. The number of carbonyl (C=O) groups excluding carboxylic acids is 1. The Hall–Kier alpha value is -2.48. The van der Waals surface area contributed by atoms with E-state index in [0.29, 0.717) is 28.9 Å². The van der Waals surface area contributed by atoms with Gasteiger partial charge in [0.1, 0.15) is 0 Å². The number of benzodiazepines with no additional fused rings is 1. The number of rotatable bonds is 4. The summed E-state index contributed by atoms with van der Waals surface area (Å²) in [6, 6.07) is 15.1. The van der Waals surface area contributed by atoms with Crippen molar-refractivity contribution in [3.63, 3.8) is 0 Å². The molecule has 1 aliphatic heterocycles. The summed E-state index contributed by atoms with van der Waals surface area (Å²) in [6.45, 7) is 0.941. The Bertz CT molecular complexity index is 887. The van der Waals surface area contributed by atoms with Crippen LogP contribution in [0.5, 0.6) is 0 Å². The zero-order valence-corrected chi connectivity index (χ0v) is 16.3. The van der Waals surface area contributed by atoms with Crippen molar-refractivity contribution in [2.45, 2.75) is 6.17 Å². The van der Waals surface area contributed by atoms with Crippen molar-refractivity contribution < 1.29 is 4.79 Å². The molecule has 1 aliphatic rings. The fraction of sp³-hybridized carbons (Fsp3) is 0.211. The summed E-state index contributed by atoms with van der Waals surface area (Å²) in [5.41, 5.74) is 8.57. The molecule has 1 unspecified atom stereocenters. The highest BCUT2D eigenvalue weighted by molar-refractivity contribution is 7.80. The van der Waals surface area contributed by atoms with E-state index in [-0.39, 0.29) is 5.91 Å². The first kappa shape index (κ1) is 19.3. The second-order valence-electron chi connectivity index (χ2n) is 5.99. The normalized spacial score (nSPS) is 16.3. The van der Waals surface area contributed by atoms with E-state index in [1.807, 2.05) is 42.5 Å². The highest BCUT2D eigenvalue weighted by Crippen LogP contribution is 2.29. The number of nitrogens with zero attached hydrogens (tertiary/aromatic N) is 2. The minimum atomic E-state index is -0.867. The van der Waals surface area contributed by atoms with Crippen LogP contribution in [0.15, 0.2) is 53.5 Å². The Balaban J connectivity index is 2.08. The van der Waals surface area contributed by atoms with Crippen LogP contribution in [0.4, 0.5) is 5.69 Å². The van der Waals surface area contributed by atoms with Crippen LogP contribution in [0, 0.1) is 0 Å². The average Bonchev–Trinajstić information content (AvgIpc) is 2.77.